The molecule has 1 atom stereocenters. The number of aromatic nitrogens is 1. The van der Waals surface area contributed by atoms with Gasteiger partial charge in [0.25, 0.3) is 5.91 Å². The van der Waals surface area contributed by atoms with Gasteiger partial charge in [0.05, 0.1) is 18.4 Å². The van der Waals surface area contributed by atoms with Gasteiger partial charge in [-0.05, 0) is 12.1 Å². The van der Waals surface area contributed by atoms with Crippen molar-refractivity contribution in [3.05, 3.63) is 24.0 Å². The van der Waals surface area contributed by atoms with Crippen molar-refractivity contribution in [2.45, 2.75) is 6.10 Å². The normalized spacial score (nSPS) is 12.0. The number of carbonyl (C=O) groups is 1. The average molecular weight is 254 g/mol. The number of nitrogen functional groups attached to an aromatic ring is 1. The molecule has 0 fully saturated rings. The van der Waals surface area contributed by atoms with Crippen LogP contribution in [0, 0.1) is 0 Å². The zero-order chi connectivity index (χ0) is 13.5. The number of nitrogens with zero attached hydrogens (tertiary/aromatic N) is 2. The second-order valence-corrected chi connectivity index (χ2v) is 3.87. The summed E-state index contributed by atoms with van der Waals surface area (Å²) in [5.41, 5.74) is 3.30. The maximum atomic E-state index is 12.0. The van der Waals surface area contributed by atoms with Crippen LogP contribution < -0.4 is 11.3 Å². The van der Waals surface area contributed by atoms with Gasteiger partial charge in [0.1, 0.15) is 5.69 Å². The van der Waals surface area contributed by atoms with Gasteiger partial charge >= 0.3 is 0 Å². The van der Waals surface area contributed by atoms with E-state index in [1.165, 1.54) is 18.2 Å². The number of likely N-dealkylation sites (N-methyl/N-ethyl adjacent to an activating group) is 1. The summed E-state index contributed by atoms with van der Waals surface area (Å²) in [4.78, 5) is 17.3. The Labute approximate surface area is 106 Å². The van der Waals surface area contributed by atoms with E-state index in [0.29, 0.717) is 5.69 Å². The van der Waals surface area contributed by atoms with Gasteiger partial charge < -0.3 is 20.2 Å². The van der Waals surface area contributed by atoms with Crippen molar-refractivity contribution in [3.8, 4) is 0 Å². The van der Waals surface area contributed by atoms with E-state index in [0.717, 1.165) is 0 Å². The highest BCUT2D eigenvalue weighted by Gasteiger charge is 2.16. The van der Waals surface area contributed by atoms with Gasteiger partial charge in [-0.1, -0.05) is 0 Å². The van der Waals surface area contributed by atoms with Crippen molar-refractivity contribution in [2.24, 2.45) is 5.84 Å². The zero-order valence-electron chi connectivity index (χ0n) is 10.5. The fraction of sp³-hybridized carbons (Fsp3) is 0.455. The summed E-state index contributed by atoms with van der Waals surface area (Å²) in [5.74, 6) is 4.97. The van der Waals surface area contributed by atoms with Crippen LogP contribution in [0.5, 0.6) is 0 Å². The first kappa shape index (κ1) is 14.4. The summed E-state index contributed by atoms with van der Waals surface area (Å²) < 4.78 is 4.80. The number of hydrogen-bond acceptors (Lipinski definition) is 6. The Kier molecular flexibility index (Phi) is 5.50. The van der Waals surface area contributed by atoms with Crippen molar-refractivity contribution >= 4 is 11.6 Å². The first-order valence-corrected chi connectivity index (χ1v) is 5.43. The van der Waals surface area contributed by atoms with Crippen LogP contribution in [0.2, 0.25) is 0 Å². The molecule has 18 heavy (non-hydrogen) atoms. The van der Waals surface area contributed by atoms with Crippen LogP contribution in [0.25, 0.3) is 0 Å². The van der Waals surface area contributed by atoms with E-state index in [4.69, 9.17) is 10.6 Å². The summed E-state index contributed by atoms with van der Waals surface area (Å²) in [7, 11) is 3.08. The molecule has 1 unspecified atom stereocenters. The Hall–Kier alpha value is -1.70. The fourth-order valence-corrected chi connectivity index (χ4v) is 1.48. The highest BCUT2D eigenvalue weighted by atomic mass is 16.5. The number of nitrogens with two attached hydrogens (primary N) is 1. The van der Waals surface area contributed by atoms with E-state index in [2.05, 4.69) is 10.4 Å². The van der Waals surface area contributed by atoms with E-state index in [1.807, 2.05) is 0 Å². The average Bonchev–Trinajstić information content (AvgIpc) is 2.38. The summed E-state index contributed by atoms with van der Waals surface area (Å²) in [6.07, 6.45) is 0.766. The van der Waals surface area contributed by atoms with Crippen molar-refractivity contribution in [3.63, 3.8) is 0 Å². The topological polar surface area (TPSA) is 101 Å². The Morgan fingerprint density at radius 2 is 2.44 bits per heavy atom. The number of methoxy groups -OCH3 is 1. The van der Waals surface area contributed by atoms with E-state index >= 15 is 0 Å². The van der Waals surface area contributed by atoms with E-state index < -0.39 is 6.10 Å². The van der Waals surface area contributed by atoms with Crippen molar-refractivity contribution in [1.82, 2.24) is 9.88 Å². The van der Waals surface area contributed by atoms with E-state index in [9.17, 15) is 9.90 Å². The number of anilines is 1. The number of aliphatic hydroxyl groups excluding tert-OH is 1. The standard InChI is InChI=1S/C11H18N4O3/c1-15(6-9(16)7-18-2)11(17)10-5-8(14-12)3-4-13-10/h3-5,9,16H,6-7,12H2,1-2H3,(H,13,14). The van der Waals surface area contributed by atoms with Crippen molar-refractivity contribution in [1.29, 1.82) is 0 Å². The maximum absolute atomic E-state index is 12.0. The molecule has 0 radical (unpaired) electrons. The third-order valence-electron chi connectivity index (χ3n) is 2.34. The number of nitrogens with one attached hydrogen (secondary N) is 1. The minimum absolute atomic E-state index is 0.175. The summed E-state index contributed by atoms with van der Waals surface area (Å²) in [6.45, 7) is 0.351. The molecule has 1 aromatic heterocycles. The van der Waals surface area contributed by atoms with Gasteiger partial charge in [0.15, 0.2) is 0 Å². The van der Waals surface area contributed by atoms with Gasteiger partial charge in [-0.3, -0.25) is 15.6 Å². The summed E-state index contributed by atoms with van der Waals surface area (Å²) in [6, 6.07) is 3.19. The second-order valence-electron chi connectivity index (χ2n) is 3.87. The lowest BCUT2D eigenvalue weighted by molar-refractivity contribution is 0.0378. The molecule has 1 heterocycles. The third-order valence-corrected chi connectivity index (χ3v) is 2.34. The molecule has 0 aliphatic rings. The number of pyridine rings is 1. The van der Waals surface area contributed by atoms with Crippen LogP contribution in [-0.4, -0.2) is 54.3 Å². The lowest BCUT2D eigenvalue weighted by Gasteiger charge is -2.20. The molecular formula is C11H18N4O3. The number of aliphatic hydroxyl groups is 1. The molecule has 4 N–H and O–H groups in total. The predicted octanol–water partition coefficient (Wildman–Crippen LogP) is -0.553. The van der Waals surface area contributed by atoms with E-state index in [1.54, 1.807) is 19.2 Å². The quantitative estimate of drug-likeness (QED) is 0.465. The Morgan fingerprint density at radius 3 is 3.06 bits per heavy atom. The Morgan fingerprint density at radius 1 is 1.72 bits per heavy atom. The number of hydrogen-bond donors (Lipinski definition) is 3. The van der Waals surface area contributed by atoms with Crippen LogP contribution in [0.1, 0.15) is 10.5 Å². The van der Waals surface area contributed by atoms with Crippen LogP contribution >= 0.6 is 0 Å². The van der Waals surface area contributed by atoms with Crippen molar-refractivity contribution in [2.75, 3.05) is 32.7 Å². The number of rotatable bonds is 6. The van der Waals surface area contributed by atoms with Crippen LogP contribution in [0.4, 0.5) is 5.69 Å². The monoisotopic (exact) mass is 254 g/mol. The molecule has 0 saturated heterocycles. The molecule has 7 heteroatoms. The molecule has 0 saturated carbocycles. The molecule has 100 valence electrons. The van der Waals surface area contributed by atoms with Crippen LogP contribution in [0.15, 0.2) is 18.3 Å². The molecule has 0 bridgehead atoms. The van der Waals surface area contributed by atoms with Crippen molar-refractivity contribution < 1.29 is 14.6 Å². The minimum Gasteiger partial charge on any atom is -0.389 e. The highest BCUT2D eigenvalue weighted by Crippen LogP contribution is 2.08. The van der Waals surface area contributed by atoms with Crippen LogP contribution in [0.3, 0.4) is 0 Å². The Bertz CT molecular complexity index is 400. The van der Waals surface area contributed by atoms with Gasteiger partial charge in [-0.25, -0.2) is 0 Å². The van der Waals surface area contributed by atoms with Gasteiger partial charge in [-0.15, -0.1) is 0 Å². The smallest absolute Gasteiger partial charge is 0.272 e. The first-order valence-electron chi connectivity index (χ1n) is 5.43. The maximum Gasteiger partial charge on any atom is 0.272 e. The predicted molar refractivity (Wildman–Crippen MR) is 66.9 cm³/mol. The molecule has 1 aromatic rings. The molecule has 1 rings (SSSR count). The lowest BCUT2D eigenvalue weighted by Crippen LogP contribution is -2.36. The fourth-order valence-electron chi connectivity index (χ4n) is 1.48. The van der Waals surface area contributed by atoms with Gasteiger partial charge in [-0.2, -0.15) is 0 Å². The molecule has 0 aliphatic heterocycles. The molecule has 1 amide bonds. The molecule has 0 spiro atoms. The molecule has 0 aromatic carbocycles. The number of hydrazine groups is 1. The highest BCUT2D eigenvalue weighted by molar-refractivity contribution is 5.92. The number of ether oxygens (including phenoxy) is 1. The third kappa shape index (κ3) is 3.95. The summed E-state index contributed by atoms with van der Waals surface area (Å²) in [5, 5.41) is 9.54. The van der Waals surface area contributed by atoms with Gasteiger partial charge in [0.2, 0.25) is 0 Å². The Balaban J connectivity index is 2.67. The molecule has 0 aliphatic carbocycles. The zero-order valence-corrected chi connectivity index (χ0v) is 10.5. The molecular weight excluding hydrogens is 236 g/mol. The second kappa shape index (κ2) is 6.90. The SMILES string of the molecule is COCC(O)CN(C)C(=O)c1cc(NN)ccn1. The molecule has 7 nitrogen and oxygen atoms in total. The van der Waals surface area contributed by atoms with Gasteiger partial charge in [0, 0.05) is 26.9 Å². The lowest BCUT2D eigenvalue weighted by atomic mass is 10.2. The minimum atomic E-state index is -0.722. The van der Waals surface area contributed by atoms with Crippen LogP contribution in [-0.2, 0) is 4.74 Å². The van der Waals surface area contributed by atoms with E-state index in [-0.39, 0.29) is 24.8 Å². The first-order chi connectivity index (χ1) is 8.58. The number of amides is 1. The summed E-state index contributed by atoms with van der Waals surface area (Å²) >= 11 is 0. The number of carbonyl (C=O) groups excluding carboxylic acids is 1. The largest absolute Gasteiger partial charge is 0.389 e.